The molecule has 5 heteroatoms. The van der Waals surface area contributed by atoms with Crippen molar-refractivity contribution in [2.45, 2.75) is 12.6 Å². The Balaban J connectivity index is 1.97. The maximum Gasteiger partial charge on any atom is 0.248 e. The summed E-state index contributed by atoms with van der Waals surface area (Å²) in [5.74, 6) is -0.123. The summed E-state index contributed by atoms with van der Waals surface area (Å²) in [6.07, 6.45) is 0. The van der Waals surface area contributed by atoms with E-state index in [0.717, 1.165) is 16.8 Å². The van der Waals surface area contributed by atoms with Gasteiger partial charge in [0.05, 0.1) is 6.54 Å². The van der Waals surface area contributed by atoms with Crippen LogP contribution in [0.3, 0.4) is 0 Å². The van der Waals surface area contributed by atoms with E-state index >= 15 is 0 Å². The molecule has 2 aromatic carbocycles. The molecule has 20 heavy (non-hydrogen) atoms. The second kappa shape index (κ2) is 5.09. The molecular formula is C15H12Cl2N2O. The van der Waals surface area contributed by atoms with Gasteiger partial charge >= 0.3 is 0 Å². The van der Waals surface area contributed by atoms with Crippen LogP contribution in [0.15, 0.2) is 42.5 Å². The maximum atomic E-state index is 12.3. The highest BCUT2D eigenvalue weighted by Gasteiger charge is 2.34. The lowest BCUT2D eigenvalue weighted by Gasteiger charge is -2.18. The molecule has 2 aromatic rings. The van der Waals surface area contributed by atoms with Gasteiger partial charge in [0.25, 0.3) is 0 Å². The van der Waals surface area contributed by atoms with E-state index in [9.17, 15) is 4.79 Å². The number of halogens is 2. The fourth-order valence-electron chi connectivity index (χ4n) is 2.42. The van der Waals surface area contributed by atoms with E-state index in [4.69, 9.17) is 28.9 Å². The third-order valence-corrected chi connectivity index (χ3v) is 3.85. The van der Waals surface area contributed by atoms with Crippen molar-refractivity contribution in [1.82, 2.24) is 0 Å². The molecule has 3 rings (SSSR count). The lowest BCUT2D eigenvalue weighted by molar-refractivity contribution is -0.119. The van der Waals surface area contributed by atoms with Crippen molar-refractivity contribution in [3.8, 4) is 0 Å². The molecule has 102 valence electrons. The van der Waals surface area contributed by atoms with Gasteiger partial charge < -0.3 is 10.6 Å². The number of amides is 1. The Labute approximate surface area is 126 Å². The lowest BCUT2D eigenvalue weighted by atomic mass is 10.1. The molecule has 0 saturated heterocycles. The molecule has 0 aromatic heterocycles. The van der Waals surface area contributed by atoms with Gasteiger partial charge in [-0.25, -0.2) is 0 Å². The summed E-state index contributed by atoms with van der Waals surface area (Å²) >= 11 is 11.9. The Hall–Kier alpha value is -1.55. The molecule has 2 N–H and O–H groups in total. The van der Waals surface area contributed by atoms with Gasteiger partial charge in [0, 0.05) is 21.3 Å². The molecule has 1 aliphatic rings. The minimum absolute atomic E-state index is 0.123. The molecule has 0 saturated carbocycles. The number of rotatable bonds is 2. The minimum atomic E-state index is -0.650. The molecule has 0 spiro atoms. The van der Waals surface area contributed by atoms with Gasteiger partial charge in [-0.15, -0.1) is 0 Å². The summed E-state index contributed by atoms with van der Waals surface area (Å²) < 4.78 is 0. The molecule has 0 radical (unpaired) electrons. The van der Waals surface area contributed by atoms with Gasteiger partial charge in [-0.3, -0.25) is 4.79 Å². The number of hydrogen-bond acceptors (Lipinski definition) is 2. The van der Waals surface area contributed by atoms with Crippen molar-refractivity contribution in [3.63, 3.8) is 0 Å². The fraction of sp³-hybridized carbons (Fsp3) is 0.133. The molecular weight excluding hydrogens is 295 g/mol. The average molecular weight is 307 g/mol. The Bertz CT molecular complexity index is 687. The van der Waals surface area contributed by atoms with Crippen LogP contribution in [0.5, 0.6) is 0 Å². The Morgan fingerprint density at radius 2 is 1.85 bits per heavy atom. The molecule has 3 nitrogen and oxygen atoms in total. The van der Waals surface area contributed by atoms with Crippen LogP contribution in [0.4, 0.5) is 5.69 Å². The van der Waals surface area contributed by atoms with Crippen LogP contribution in [-0.4, -0.2) is 5.91 Å². The largest absolute Gasteiger partial charge is 0.316 e. The smallest absolute Gasteiger partial charge is 0.248 e. The van der Waals surface area contributed by atoms with Crippen molar-refractivity contribution in [1.29, 1.82) is 0 Å². The predicted octanol–water partition coefficient (Wildman–Crippen LogP) is 3.54. The molecule has 1 atom stereocenters. The molecule has 0 unspecified atom stereocenters. The first kappa shape index (κ1) is 13.4. The van der Waals surface area contributed by atoms with Crippen LogP contribution < -0.4 is 10.6 Å². The number of nitrogens with zero attached hydrogens (tertiary/aromatic N) is 1. The zero-order valence-corrected chi connectivity index (χ0v) is 12.0. The van der Waals surface area contributed by atoms with Gasteiger partial charge in [0.1, 0.15) is 6.04 Å². The number of carbonyl (C=O) groups excluding carboxylic acids is 1. The van der Waals surface area contributed by atoms with Crippen LogP contribution in [0.1, 0.15) is 17.2 Å². The van der Waals surface area contributed by atoms with Crippen molar-refractivity contribution >= 4 is 34.8 Å². The third kappa shape index (κ3) is 2.29. The topological polar surface area (TPSA) is 46.3 Å². The summed E-state index contributed by atoms with van der Waals surface area (Å²) in [6, 6.07) is 12.1. The molecule has 0 aliphatic carbocycles. The maximum absolute atomic E-state index is 12.3. The summed E-state index contributed by atoms with van der Waals surface area (Å²) in [6.45, 7) is 0.446. The summed E-state index contributed by atoms with van der Waals surface area (Å²) in [7, 11) is 0. The number of nitrogens with two attached hydrogens (primary N) is 1. The van der Waals surface area contributed by atoms with E-state index in [2.05, 4.69) is 0 Å². The van der Waals surface area contributed by atoms with Crippen LogP contribution in [0.25, 0.3) is 0 Å². The van der Waals surface area contributed by atoms with Gasteiger partial charge in [-0.1, -0.05) is 35.3 Å². The number of benzene rings is 2. The first-order valence-corrected chi connectivity index (χ1v) is 6.93. The highest BCUT2D eigenvalue weighted by atomic mass is 35.5. The number of anilines is 1. The second-order valence-corrected chi connectivity index (χ2v) is 5.61. The van der Waals surface area contributed by atoms with Crippen molar-refractivity contribution in [3.05, 3.63) is 63.6 Å². The molecule has 0 bridgehead atoms. The Morgan fingerprint density at radius 3 is 2.60 bits per heavy atom. The Kier molecular flexibility index (Phi) is 3.42. The monoisotopic (exact) mass is 306 g/mol. The quantitative estimate of drug-likeness (QED) is 0.922. The fourth-order valence-corrected chi connectivity index (χ4v) is 2.81. The standard InChI is InChI=1S/C15H12Cl2N2O/c16-10-3-1-2-9(6-10)8-19-13-5-4-11(17)7-12(13)14(18)15(19)20/h1-7,14H,8,18H2/t14-/m1/s1. The highest BCUT2D eigenvalue weighted by molar-refractivity contribution is 6.31. The number of carbonyl (C=O) groups is 1. The summed E-state index contributed by atoms with van der Waals surface area (Å²) in [4.78, 5) is 14.0. The predicted molar refractivity (Wildman–Crippen MR) is 81.0 cm³/mol. The number of hydrogen-bond donors (Lipinski definition) is 1. The first-order chi connectivity index (χ1) is 9.56. The van der Waals surface area contributed by atoms with Crippen LogP contribution in [0.2, 0.25) is 10.0 Å². The van der Waals surface area contributed by atoms with Gasteiger partial charge in [-0.2, -0.15) is 0 Å². The summed E-state index contributed by atoms with van der Waals surface area (Å²) in [5, 5.41) is 1.23. The average Bonchev–Trinajstić information content (AvgIpc) is 2.64. The van der Waals surface area contributed by atoms with Crippen LogP contribution in [0, 0.1) is 0 Å². The van der Waals surface area contributed by atoms with E-state index in [-0.39, 0.29) is 5.91 Å². The SMILES string of the molecule is N[C@H]1C(=O)N(Cc2cccc(Cl)c2)c2ccc(Cl)cc21. The van der Waals surface area contributed by atoms with E-state index in [1.54, 1.807) is 23.1 Å². The molecule has 1 aliphatic heterocycles. The Morgan fingerprint density at radius 1 is 1.10 bits per heavy atom. The zero-order valence-electron chi connectivity index (χ0n) is 10.5. The molecule has 0 fully saturated rings. The van der Waals surface area contributed by atoms with E-state index in [1.807, 2.05) is 24.3 Å². The number of fused-ring (bicyclic) bond motifs is 1. The third-order valence-electron chi connectivity index (χ3n) is 3.38. The van der Waals surface area contributed by atoms with Crippen LogP contribution in [-0.2, 0) is 11.3 Å². The zero-order chi connectivity index (χ0) is 14.3. The van der Waals surface area contributed by atoms with Gasteiger partial charge in [-0.05, 0) is 35.9 Å². The first-order valence-electron chi connectivity index (χ1n) is 6.17. The van der Waals surface area contributed by atoms with Crippen molar-refractivity contribution in [2.24, 2.45) is 5.73 Å². The molecule has 1 amide bonds. The van der Waals surface area contributed by atoms with E-state index in [1.165, 1.54) is 0 Å². The normalized spacial score (nSPS) is 17.4. The molecule has 1 heterocycles. The minimum Gasteiger partial charge on any atom is -0.316 e. The van der Waals surface area contributed by atoms with E-state index in [0.29, 0.717) is 16.6 Å². The van der Waals surface area contributed by atoms with Gasteiger partial charge in [0.2, 0.25) is 5.91 Å². The van der Waals surface area contributed by atoms with Crippen molar-refractivity contribution in [2.75, 3.05) is 4.90 Å². The van der Waals surface area contributed by atoms with Crippen molar-refractivity contribution < 1.29 is 4.79 Å². The van der Waals surface area contributed by atoms with E-state index < -0.39 is 6.04 Å². The lowest BCUT2D eigenvalue weighted by Crippen LogP contribution is -2.31. The van der Waals surface area contributed by atoms with Gasteiger partial charge in [0.15, 0.2) is 0 Å². The highest BCUT2D eigenvalue weighted by Crippen LogP contribution is 2.37. The summed E-state index contributed by atoms with van der Waals surface area (Å²) in [5.41, 5.74) is 8.50. The second-order valence-electron chi connectivity index (χ2n) is 4.74. The van der Waals surface area contributed by atoms with Crippen LogP contribution >= 0.6 is 23.2 Å².